The highest BCUT2D eigenvalue weighted by Crippen LogP contribution is 2.35. The second-order valence-electron chi connectivity index (χ2n) is 4.64. The molecule has 0 fully saturated rings. The number of benzene rings is 1. The number of hydrogen-bond donors (Lipinski definition) is 2. The molecule has 3 rings (SSSR count). The molecular formula is C15H17N3O3. The maximum atomic E-state index is 8.91. The molecule has 0 aliphatic carbocycles. The Hall–Kier alpha value is -2.34. The van der Waals surface area contributed by atoms with Crippen molar-refractivity contribution in [2.24, 2.45) is 0 Å². The van der Waals surface area contributed by atoms with Crippen LogP contribution in [0.15, 0.2) is 24.3 Å². The topological polar surface area (TPSA) is 76.5 Å². The van der Waals surface area contributed by atoms with E-state index >= 15 is 0 Å². The molecular weight excluding hydrogens is 270 g/mol. The zero-order chi connectivity index (χ0) is 14.7. The molecule has 0 saturated carbocycles. The van der Waals surface area contributed by atoms with Crippen LogP contribution in [0.1, 0.15) is 12.6 Å². The first-order valence-corrected chi connectivity index (χ1v) is 6.93. The summed E-state index contributed by atoms with van der Waals surface area (Å²) in [5, 5.41) is 12.0. The SMILES string of the molecule is CCc1cc(NCCO)nc(-c2ccc3c(c2)OCO3)n1. The third-order valence-corrected chi connectivity index (χ3v) is 3.19. The molecule has 0 amide bonds. The quantitative estimate of drug-likeness (QED) is 0.874. The molecule has 0 atom stereocenters. The van der Waals surface area contributed by atoms with Gasteiger partial charge in [0, 0.05) is 23.9 Å². The number of rotatable bonds is 5. The fourth-order valence-corrected chi connectivity index (χ4v) is 2.12. The zero-order valence-corrected chi connectivity index (χ0v) is 11.8. The monoisotopic (exact) mass is 287 g/mol. The number of fused-ring (bicyclic) bond motifs is 1. The molecule has 21 heavy (non-hydrogen) atoms. The first-order valence-electron chi connectivity index (χ1n) is 6.93. The maximum absolute atomic E-state index is 8.91. The molecule has 110 valence electrons. The first-order chi connectivity index (χ1) is 10.3. The number of aryl methyl sites for hydroxylation is 1. The summed E-state index contributed by atoms with van der Waals surface area (Å²) in [6.45, 7) is 2.81. The molecule has 1 aromatic carbocycles. The molecule has 6 heteroatoms. The van der Waals surface area contributed by atoms with Gasteiger partial charge in [0.2, 0.25) is 6.79 Å². The Bertz CT molecular complexity index is 646. The van der Waals surface area contributed by atoms with Gasteiger partial charge < -0.3 is 19.9 Å². The van der Waals surface area contributed by atoms with Crippen LogP contribution in [0.3, 0.4) is 0 Å². The second kappa shape index (κ2) is 5.97. The Balaban J connectivity index is 1.96. The molecule has 0 saturated heterocycles. The molecule has 2 heterocycles. The number of aliphatic hydroxyl groups excluding tert-OH is 1. The lowest BCUT2D eigenvalue weighted by Crippen LogP contribution is -2.08. The molecule has 1 aromatic heterocycles. The summed E-state index contributed by atoms with van der Waals surface area (Å²) in [5.41, 5.74) is 1.82. The van der Waals surface area contributed by atoms with E-state index in [2.05, 4.69) is 15.3 Å². The van der Waals surface area contributed by atoms with E-state index in [1.165, 1.54) is 0 Å². The van der Waals surface area contributed by atoms with Crippen LogP contribution in [-0.2, 0) is 6.42 Å². The van der Waals surface area contributed by atoms with Crippen molar-refractivity contribution in [3.8, 4) is 22.9 Å². The largest absolute Gasteiger partial charge is 0.454 e. The molecule has 0 bridgehead atoms. The molecule has 0 radical (unpaired) electrons. The predicted molar refractivity (Wildman–Crippen MR) is 78.5 cm³/mol. The smallest absolute Gasteiger partial charge is 0.231 e. The van der Waals surface area contributed by atoms with Gasteiger partial charge in [0.05, 0.1) is 6.61 Å². The highest BCUT2D eigenvalue weighted by atomic mass is 16.7. The maximum Gasteiger partial charge on any atom is 0.231 e. The van der Waals surface area contributed by atoms with Crippen LogP contribution in [0.2, 0.25) is 0 Å². The summed E-state index contributed by atoms with van der Waals surface area (Å²) in [7, 11) is 0. The standard InChI is InChI=1S/C15H17N3O3/c1-2-11-8-14(16-5-6-19)18-15(17-11)10-3-4-12-13(7-10)21-9-20-12/h3-4,7-8,19H,2,5-6,9H2,1H3,(H,16,17,18). The average Bonchev–Trinajstić information content (AvgIpc) is 3.00. The molecule has 1 aliphatic heterocycles. The highest BCUT2D eigenvalue weighted by molar-refractivity contribution is 5.63. The highest BCUT2D eigenvalue weighted by Gasteiger charge is 2.15. The van der Waals surface area contributed by atoms with Crippen molar-refractivity contribution < 1.29 is 14.6 Å². The molecule has 2 N–H and O–H groups in total. The molecule has 6 nitrogen and oxygen atoms in total. The van der Waals surface area contributed by atoms with Crippen LogP contribution in [-0.4, -0.2) is 35.0 Å². The number of aromatic nitrogens is 2. The number of ether oxygens (including phenoxy) is 2. The number of nitrogens with one attached hydrogen (secondary N) is 1. The Morgan fingerprint density at radius 1 is 1.19 bits per heavy atom. The van der Waals surface area contributed by atoms with Crippen molar-refractivity contribution in [1.29, 1.82) is 0 Å². The van der Waals surface area contributed by atoms with Gasteiger partial charge >= 0.3 is 0 Å². The lowest BCUT2D eigenvalue weighted by atomic mass is 10.2. The molecule has 2 aromatic rings. The van der Waals surface area contributed by atoms with E-state index in [1.807, 2.05) is 31.2 Å². The van der Waals surface area contributed by atoms with Gasteiger partial charge in [0.1, 0.15) is 5.82 Å². The van der Waals surface area contributed by atoms with Crippen molar-refractivity contribution in [1.82, 2.24) is 9.97 Å². The normalized spacial score (nSPS) is 12.5. The summed E-state index contributed by atoms with van der Waals surface area (Å²) in [5.74, 6) is 2.79. The van der Waals surface area contributed by atoms with E-state index in [0.29, 0.717) is 23.9 Å². The van der Waals surface area contributed by atoms with Gasteiger partial charge in [-0.1, -0.05) is 6.92 Å². The molecule has 0 unspecified atom stereocenters. The van der Waals surface area contributed by atoms with Gasteiger partial charge in [0.15, 0.2) is 17.3 Å². The van der Waals surface area contributed by atoms with E-state index in [4.69, 9.17) is 14.6 Å². The Kier molecular flexibility index (Phi) is 3.87. The van der Waals surface area contributed by atoms with Crippen LogP contribution in [0, 0.1) is 0 Å². The van der Waals surface area contributed by atoms with Gasteiger partial charge in [-0.15, -0.1) is 0 Å². The molecule has 1 aliphatic rings. The van der Waals surface area contributed by atoms with E-state index in [-0.39, 0.29) is 13.4 Å². The summed E-state index contributed by atoms with van der Waals surface area (Å²) in [4.78, 5) is 9.03. The third kappa shape index (κ3) is 2.90. The minimum Gasteiger partial charge on any atom is -0.454 e. The van der Waals surface area contributed by atoms with Gasteiger partial charge in [-0.05, 0) is 24.6 Å². The van der Waals surface area contributed by atoms with Crippen molar-refractivity contribution >= 4 is 5.82 Å². The van der Waals surface area contributed by atoms with E-state index in [9.17, 15) is 0 Å². The Labute approximate surface area is 122 Å². The fraction of sp³-hybridized carbons (Fsp3) is 0.333. The number of aliphatic hydroxyl groups is 1. The van der Waals surface area contributed by atoms with Gasteiger partial charge in [-0.25, -0.2) is 9.97 Å². The van der Waals surface area contributed by atoms with Gasteiger partial charge in [-0.3, -0.25) is 0 Å². The minimum absolute atomic E-state index is 0.0603. The number of nitrogens with zero attached hydrogens (tertiary/aromatic N) is 2. The van der Waals surface area contributed by atoms with Crippen LogP contribution < -0.4 is 14.8 Å². The molecule has 0 spiro atoms. The number of hydrogen-bond acceptors (Lipinski definition) is 6. The van der Waals surface area contributed by atoms with E-state index in [0.717, 1.165) is 23.4 Å². The summed E-state index contributed by atoms with van der Waals surface area (Å²) in [6.07, 6.45) is 0.813. The van der Waals surface area contributed by atoms with Crippen LogP contribution in [0.4, 0.5) is 5.82 Å². The van der Waals surface area contributed by atoms with Crippen LogP contribution in [0.5, 0.6) is 11.5 Å². The third-order valence-electron chi connectivity index (χ3n) is 3.19. The minimum atomic E-state index is 0.0603. The predicted octanol–water partition coefficient (Wildman–Crippen LogP) is 1.84. The summed E-state index contributed by atoms with van der Waals surface area (Å²) < 4.78 is 10.7. The Morgan fingerprint density at radius 2 is 2.05 bits per heavy atom. The van der Waals surface area contributed by atoms with Gasteiger partial charge in [0.25, 0.3) is 0 Å². The van der Waals surface area contributed by atoms with Crippen molar-refractivity contribution in [2.45, 2.75) is 13.3 Å². The Morgan fingerprint density at radius 3 is 2.86 bits per heavy atom. The lowest BCUT2D eigenvalue weighted by molar-refractivity contribution is 0.174. The van der Waals surface area contributed by atoms with Crippen molar-refractivity contribution in [3.63, 3.8) is 0 Å². The zero-order valence-electron chi connectivity index (χ0n) is 11.8. The summed E-state index contributed by atoms with van der Waals surface area (Å²) in [6, 6.07) is 7.55. The van der Waals surface area contributed by atoms with Crippen molar-refractivity contribution in [3.05, 3.63) is 30.0 Å². The first kappa shape index (κ1) is 13.6. The van der Waals surface area contributed by atoms with E-state index in [1.54, 1.807) is 0 Å². The second-order valence-corrected chi connectivity index (χ2v) is 4.64. The van der Waals surface area contributed by atoms with Gasteiger partial charge in [-0.2, -0.15) is 0 Å². The summed E-state index contributed by atoms with van der Waals surface area (Å²) >= 11 is 0. The fourth-order valence-electron chi connectivity index (χ4n) is 2.12. The number of anilines is 1. The van der Waals surface area contributed by atoms with Crippen molar-refractivity contribution in [2.75, 3.05) is 25.3 Å². The van der Waals surface area contributed by atoms with Crippen LogP contribution >= 0.6 is 0 Å². The van der Waals surface area contributed by atoms with Crippen LogP contribution in [0.25, 0.3) is 11.4 Å². The van der Waals surface area contributed by atoms with E-state index < -0.39 is 0 Å². The average molecular weight is 287 g/mol. The lowest BCUT2D eigenvalue weighted by Gasteiger charge is -2.09.